The molecule has 11 heteroatoms. The molecule has 1 atom stereocenters. The van der Waals surface area contributed by atoms with Crippen LogP contribution >= 0.6 is 0 Å². The van der Waals surface area contributed by atoms with Crippen molar-refractivity contribution in [2.24, 2.45) is 13.0 Å². The summed E-state index contributed by atoms with van der Waals surface area (Å²) in [4.78, 5) is 39.9. The molecule has 1 amide bonds. The van der Waals surface area contributed by atoms with E-state index in [1.54, 1.807) is 21.0 Å². The van der Waals surface area contributed by atoms with Crippen LogP contribution in [0.25, 0.3) is 22.2 Å². The molecule has 11 nitrogen and oxygen atoms in total. The lowest BCUT2D eigenvalue weighted by molar-refractivity contribution is -0.111. The van der Waals surface area contributed by atoms with Crippen LogP contribution < -0.4 is 20.3 Å². The molecule has 2 aromatic heterocycles. The van der Waals surface area contributed by atoms with Crippen molar-refractivity contribution in [3.8, 4) is 17.0 Å². The number of carbonyl (C=O) groups excluding carboxylic acids is 2. The van der Waals surface area contributed by atoms with E-state index in [0.29, 0.717) is 34.8 Å². The van der Waals surface area contributed by atoms with Gasteiger partial charge in [-0.1, -0.05) is 24.8 Å². The SMILES string of the molecule is C=CC(=O)Nc1cc(Nc2ncc(C(=O)OC(C)C)c(-c3cn(C)c4ccccc34)n2)c(OC)cc1N(C)C1CN2CCC1CC2. The Bertz CT molecular complexity index is 1790. The van der Waals surface area contributed by atoms with Crippen LogP contribution in [0, 0.1) is 5.92 Å². The number of ether oxygens (including phenoxy) is 2. The summed E-state index contributed by atoms with van der Waals surface area (Å²) < 4.78 is 13.4. The number of hydrogen-bond donors (Lipinski definition) is 2. The second kappa shape index (κ2) is 12.8. The summed E-state index contributed by atoms with van der Waals surface area (Å²) in [6.45, 7) is 10.5. The summed E-state index contributed by atoms with van der Waals surface area (Å²) in [6.07, 6.45) is 6.71. The molecule has 0 radical (unpaired) electrons. The smallest absolute Gasteiger partial charge is 0.342 e. The Morgan fingerprint density at radius 1 is 1.15 bits per heavy atom. The molecule has 0 spiro atoms. The van der Waals surface area contributed by atoms with Crippen LogP contribution in [0.4, 0.5) is 23.0 Å². The summed E-state index contributed by atoms with van der Waals surface area (Å²) in [7, 11) is 5.64. The average Bonchev–Trinajstić information content (AvgIpc) is 3.40. The van der Waals surface area contributed by atoms with Crippen LogP contribution in [-0.4, -0.2) is 77.2 Å². The van der Waals surface area contributed by atoms with E-state index in [-0.39, 0.29) is 23.5 Å². The minimum Gasteiger partial charge on any atom is -0.494 e. The highest BCUT2D eigenvalue weighted by Gasteiger charge is 2.37. The number of para-hydroxylation sites is 1. The molecule has 0 aliphatic carbocycles. The van der Waals surface area contributed by atoms with Gasteiger partial charge in [0, 0.05) is 61.6 Å². The molecule has 3 saturated heterocycles. The molecular formula is C35H41N7O4. The minimum atomic E-state index is -0.503. The van der Waals surface area contributed by atoms with Gasteiger partial charge in [-0.25, -0.2) is 14.8 Å². The molecule has 3 fully saturated rings. The number of benzene rings is 2. The van der Waals surface area contributed by atoms with E-state index >= 15 is 0 Å². The number of nitrogens with zero attached hydrogens (tertiary/aromatic N) is 5. The topological polar surface area (TPSA) is 114 Å². The third-order valence-electron chi connectivity index (χ3n) is 9.01. The highest BCUT2D eigenvalue weighted by atomic mass is 16.5. The van der Waals surface area contributed by atoms with Gasteiger partial charge in [-0.3, -0.25) is 4.79 Å². The van der Waals surface area contributed by atoms with Crippen molar-refractivity contribution >= 4 is 45.8 Å². The second-order valence-corrected chi connectivity index (χ2v) is 12.3. The number of aromatic nitrogens is 3. The third kappa shape index (κ3) is 6.02. The Labute approximate surface area is 269 Å². The van der Waals surface area contributed by atoms with Crippen LogP contribution in [0.5, 0.6) is 5.75 Å². The number of piperidine rings is 3. The van der Waals surface area contributed by atoms with E-state index < -0.39 is 5.97 Å². The molecule has 0 saturated carbocycles. The van der Waals surface area contributed by atoms with Crippen molar-refractivity contribution in [1.82, 2.24) is 19.4 Å². The van der Waals surface area contributed by atoms with Crippen LogP contribution in [0.1, 0.15) is 37.0 Å². The zero-order chi connectivity index (χ0) is 32.5. The Balaban J connectivity index is 1.41. The molecule has 3 aliphatic rings. The number of anilines is 4. The lowest BCUT2D eigenvalue weighted by Gasteiger charge is -2.49. The number of rotatable bonds is 10. The van der Waals surface area contributed by atoms with Gasteiger partial charge in [0.1, 0.15) is 11.3 Å². The predicted molar refractivity (Wildman–Crippen MR) is 181 cm³/mol. The molecular weight excluding hydrogens is 582 g/mol. The first-order valence-electron chi connectivity index (χ1n) is 15.7. The Kier molecular flexibility index (Phi) is 8.68. The summed E-state index contributed by atoms with van der Waals surface area (Å²) in [5, 5.41) is 7.23. The van der Waals surface area contributed by atoms with Gasteiger partial charge in [-0.2, -0.15) is 0 Å². The fraction of sp³-hybridized carbons (Fsp3) is 0.371. The van der Waals surface area contributed by atoms with E-state index in [0.717, 1.165) is 54.6 Å². The fourth-order valence-electron chi connectivity index (χ4n) is 6.69. The van der Waals surface area contributed by atoms with E-state index in [2.05, 4.69) is 39.0 Å². The number of esters is 1. The average molecular weight is 624 g/mol. The van der Waals surface area contributed by atoms with Crippen molar-refractivity contribution in [2.75, 3.05) is 49.3 Å². The number of fused-ring (bicyclic) bond motifs is 4. The maximum atomic E-state index is 13.2. The van der Waals surface area contributed by atoms with Gasteiger partial charge in [-0.15, -0.1) is 0 Å². The van der Waals surface area contributed by atoms with Gasteiger partial charge in [0.25, 0.3) is 0 Å². The van der Waals surface area contributed by atoms with Crippen LogP contribution in [0.2, 0.25) is 0 Å². The minimum absolute atomic E-state index is 0.252. The van der Waals surface area contributed by atoms with Gasteiger partial charge in [-0.05, 0) is 63.9 Å². The van der Waals surface area contributed by atoms with Crippen LogP contribution in [-0.2, 0) is 16.6 Å². The van der Waals surface area contributed by atoms with Crippen molar-refractivity contribution in [3.05, 3.63) is 67.0 Å². The summed E-state index contributed by atoms with van der Waals surface area (Å²) in [5.74, 6) is 0.572. The highest BCUT2D eigenvalue weighted by molar-refractivity contribution is 6.04. The number of methoxy groups -OCH3 is 1. The molecule has 240 valence electrons. The molecule has 2 N–H and O–H groups in total. The number of nitrogens with one attached hydrogen (secondary N) is 2. The Morgan fingerprint density at radius 3 is 2.59 bits per heavy atom. The van der Waals surface area contributed by atoms with Gasteiger partial charge in [0.2, 0.25) is 11.9 Å². The molecule has 2 bridgehead atoms. The van der Waals surface area contributed by atoms with Crippen molar-refractivity contribution in [2.45, 2.75) is 38.8 Å². The summed E-state index contributed by atoms with van der Waals surface area (Å²) >= 11 is 0. The van der Waals surface area contributed by atoms with Crippen molar-refractivity contribution in [3.63, 3.8) is 0 Å². The van der Waals surface area contributed by atoms with Gasteiger partial charge in [0.15, 0.2) is 0 Å². The Hall–Kier alpha value is -4.90. The number of amides is 1. The summed E-state index contributed by atoms with van der Waals surface area (Å²) in [5.41, 5.74) is 4.49. The zero-order valence-corrected chi connectivity index (χ0v) is 27.0. The summed E-state index contributed by atoms with van der Waals surface area (Å²) in [6, 6.07) is 12.0. The van der Waals surface area contributed by atoms with Gasteiger partial charge < -0.3 is 34.5 Å². The first-order valence-corrected chi connectivity index (χ1v) is 15.7. The lowest BCUT2D eigenvalue weighted by atomic mass is 9.83. The quantitative estimate of drug-likeness (QED) is 0.172. The third-order valence-corrected chi connectivity index (χ3v) is 9.01. The van der Waals surface area contributed by atoms with Crippen LogP contribution in [0.3, 0.4) is 0 Å². The van der Waals surface area contributed by atoms with E-state index in [1.165, 1.54) is 12.3 Å². The first kappa shape index (κ1) is 31.1. The van der Waals surface area contributed by atoms with Crippen molar-refractivity contribution < 1.29 is 19.1 Å². The fourth-order valence-corrected chi connectivity index (χ4v) is 6.69. The first-order chi connectivity index (χ1) is 22.2. The number of carbonyl (C=O) groups is 2. The highest BCUT2D eigenvalue weighted by Crippen LogP contribution is 2.41. The molecule has 7 rings (SSSR count). The largest absolute Gasteiger partial charge is 0.494 e. The standard InChI is InChI=1S/C35H41N7O4/c1-7-32(43)37-26-16-27(31(45-6)17-29(26)41(5)30-20-42-14-12-22(30)13-15-42)38-35-36-18-24(34(44)46-21(2)3)33(39-35)25-19-40(4)28-11-9-8-10-23(25)28/h7-11,16-19,21-22,30H,1,12-15,20H2,2-6H3,(H,37,43)(H,36,38,39). The van der Waals surface area contributed by atoms with Gasteiger partial charge in [0.05, 0.1) is 36.0 Å². The van der Waals surface area contributed by atoms with E-state index in [1.807, 2.05) is 54.2 Å². The molecule has 5 heterocycles. The molecule has 2 aromatic carbocycles. The lowest BCUT2D eigenvalue weighted by Crippen LogP contribution is -2.56. The number of aryl methyl sites for hydroxylation is 1. The monoisotopic (exact) mass is 623 g/mol. The zero-order valence-electron chi connectivity index (χ0n) is 27.0. The molecule has 1 unspecified atom stereocenters. The normalized spacial score (nSPS) is 18.8. The number of hydrogen-bond acceptors (Lipinski definition) is 9. The molecule has 3 aliphatic heterocycles. The van der Waals surface area contributed by atoms with E-state index in [9.17, 15) is 9.59 Å². The van der Waals surface area contributed by atoms with Crippen molar-refractivity contribution in [1.29, 1.82) is 0 Å². The predicted octanol–water partition coefficient (Wildman–Crippen LogP) is 5.61. The maximum absolute atomic E-state index is 13.2. The van der Waals surface area contributed by atoms with E-state index in [4.69, 9.17) is 14.5 Å². The molecule has 46 heavy (non-hydrogen) atoms. The second-order valence-electron chi connectivity index (χ2n) is 12.3. The van der Waals surface area contributed by atoms with Gasteiger partial charge >= 0.3 is 5.97 Å². The number of likely N-dealkylation sites (N-methyl/N-ethyl adjacent to an activating group) is 1. The molecule has 4 aromatic rings. The maximum Gasteiger partial charge on any atom is 0.342 e. The Morgan fingerprint density at radius 2 is 1.91 bits per heavy atom. The van der Waals surface area contributed by atoms with Crippen LogP contribution in [0.15, 0.2) is 61.4 Å².